The molecule has 0 unspecified atom stereocenters. The Balaban J connectivity index is 0.000000320. The molecule has 3 aromatic heterocycles. The molecule has 4 rings (SSSR count). The van der Waals surface area contributed by atoms with E-state index >= 15 is 0 Å². The molecule has 3 heterocycles. The van der Waals surface area contributed by atoms with Crippen molar-refractivity contribution < 1.29 is 9.63 Å². The molecule has 0 saturated heterocycles. The normalized spacial score (nSPS) is 10.3. The van der Waals surface area contributed by atoms with Crippen molar-refractivity contribution in [2.24, 2.45) is 5.16 Å². The van der Waals surface area contributed by atoms with Gasteiger partial charge in [-0.1, -0.05) is 11.2 Å². The van der Waals surface area contributed by atoms with Gasteiger partial charge in [-0.3, -0.25) is 9.78 Å². The highest BCUT2D eigenvalue weighted by atomic mass is 16.6. The number of aromatic nitrogens is 4. The van der Waals surface area contributed by atoms with Gasteiger partial charge in [-0.05, 0) is 83.1 Å². The molecule has 35 heavy (non-hydrogen) atoms. The minimum atomic E-state index is 0.334. The topological polar surface area (TPSA) is 108 Å². The zero-order valence-electron chi connectivity index (χ0n) is 21.1. The number of allylic oxidation sites excluding steroid dienone is 1. The van der Waals surface area contributed by atoms with Crippen LogP contribution in [0.4, 0.5) is 0 Å². The van der Waals surface area contributed by atoms with E-state index in [1.165, 1.54) is 5.56 Å². The van der Waals surface area contributed by atoms with Crippen LogP contribution in [-0.2, 0) is 11.4 Å². The van der Waals surface area contributed by atoms with Crippen LogP contribution in [0, 0.1) is 6.92 Å². The summed E-state index contributed by atoms with van der Waals surface area (Å²) in [7, 11) is 1.93. The highest BCUT2D eigenvalue weighted by Gasteiger charge is 2.13. The predicted octanol–water partition coefficient (Wildman–Crippen LogP) is 5.64. The summed E-state index contributed by atoms with van der Waals surface area (Å²) in [5, 5.41) is 8.16. The van der Waals surface area contributed by atoms with Gasteiger partial charge in [0.25, 0.3) is 0 Å². The number of hydrogen-bond acceptors (Lipinski definition) is 6. The number of nitrogens with zero attached hydrogens (tertiary/aromatic N) is 3. The first kappa shape index (κ1) is 25.6. The van der Waals surface area contributed by atoms with Gasteiger partial charge >= 0.3 is 0 Å². The van der Waals surface area contributed by atoms with Crippen molar-refractivity contribution in [3.63, 3.8) is 0 Å². The van der Waals surface area contributed by atoms with Gasteiger partial charge in [0, 0.05) is 41.1 Å². The van der Waals surface area contributed by atoms with Gasteiger partial charge < -0.3 is 20.1 Å². The van der Waals surface area contributed by atoms with Gasteiger partial charge in [-0.15, -0.1) is 0 Å². The molecule has 182 valence electrons. The van der Waals surface area contributed by atoms with E-state index < -0.39 is 0 Å². The number of H-pyrrole nitrogens is 2. The minimum Gasteiger partial charge on any atom is -0.355 e. The zero-order chi connectivity index (χ0) is 25.4. The second kappa shape index (κ2) is 11.9. The van der Waals surface area contributed by atoms with Gasteiger partial charge in [-0.2, -0.15) is 0 Å². The van der Waals surface area contributed by atoms with E-state index in [4.69, 9.17) is 4.84 Å². The summed E-state index contributed by atoms with van der Waals surface area (Å²) >= 11 is 0. The highest BCUT2D eigenvalue weighted by molar-refractivity contribution is 5.88. The van der Waals surface area contributed by atoms with Crippen LogP contribution in [0.3, 0.4) is 0 Å². The van der Waals surface area contributed by atoms with E-state index in [-0.39, 0.29) is 0 Å². The average molecular weight is 473 g/mol. The number of benzene rings is 1. The van der Waals surface area contributed by atoms with Crippen molar-refractivity contribution in [1.82, 2.24) is 25.3 Å². The lowest BCUT2D eigenvalue weighted by Gasteiger charge is -2.05. The van der Waals surface area contributed by atoms with Crippen molar-refractivity contribution in [2.75, 3.05) is 7.05 Å². The predicted molar refractivity (Wildman–Crippen MR) is 141 cm³/mol. The maximum atomic E-state index is 10.9. The molecule has 0 saturated carbocycles. The molecule has 0 atom stereocenters. The van der Waals surface area contributed by atoms with E-state index in [2.05, 4.69) is 30.4 Å². The van der Waals surface area contributed by atoms with Gasteiger partial charge in [-0.25, -0.2) is 4.98 Å². The Kier molecular flexibility index (Phi) is 8.69. The number of aldehydes is 1. The van der Waals surface area contributed by atoms with E-state index in [1.807, 2.05) is 78.1 Å². The monoisotopic (exact) mass is 472 g/mol. The Morgan fingerprint density at radius 2 is 1.83 bits per heavy atom. The molecule has 3 N–H and O–H groups in total. The van der Waals surface area contributed by atoms with Crippen LogP contribution in [0.1, 0.15) is 55.3 Å². The molecule has 0 aliphatic carbocycles. The molecule has 8 heteroatoms. The Morgan fingerprint density at radius 3 is 2.43 bits per heavy atom. The lowest BCUT2D eigenvalue weighted by Crippen LogP contribution is -2.04. The Bertz CT molecular complexity index is 1340. The molecule has 0 fully saturated rings. The Hall–Kier alpha value is -4.04. The number of carbonyl (C=O) groups is 1. The number of hydrogen-bond donors (Lipinski definition) is 3. The Labute approximate surface area is 205 Å². The molecular formula is C27H32N6O2. The Morgan fingerprint density at radius 1 is 1.09 bits per heavy atom. The zero-order valence-corrected chi connectivity index (χ0v) is 21.1. The van der Waals surface area contributed by atoms with Crippen LogP contribution in [0.15, 0.2) is 59.5 Å². The van der Waals surface area contributed by atoms with Gasteiger partial charge in [0.15, 0.2) is 17.9 Å². The van der Waals surface area contributed by atoms with Crippen LogP contribution >= 0.6 is 0 Å². The summed E-state index contributed by atoms with van der Waals surface area (Å²) < 4.78 is 0. The summed E-state index contributed by atoms with van der Waals surface area (Å²) in [6, 6.07) is 12.1. The molecule has 0 aliphatic rings. The number of rotatable bonds is 7. The smallest absolute Gasteiger partial charge is 0.185 e. The molecule has 0 spiro atoms. The fourth-order valence-corrected chi connectivity index (χ4v) is 3.47. The number of carbonyl (C=O) groups excluding carboxylic acids is 1. The molecule has 4 aromatic rings. The lowest BCUT2D eigenvalue weighted by molar-refractivity contribution is 0.111. The molecular weight excluding hydrogens is 440 g/mol. The van der Waals surface area contributed by atoms with Gasteiger partial charge in [0.05, 0.1) is 17.1 Å². The molecule has 1 aromatic carbocycles. The fraction of sp³-hybridized carbons (Fsp3) is 0.259. The second-order valence-electron chi connectivity index (χ2n) is 8.54. The number of aryl methyl sites for hydroxylation is 1. The third-order valence-electron chi connectivity index (χ3n) is 5.06. The van der Waals surface area contributed by atoms with Crippen LogP contribution < -0.4 is 5.32 Å². The third kappa shape index (κ3) is 6.74. The number of nitrogens with one attached hydrogen (secondary N) is 3. The van der Waals surface area contributed by atoms with Crippen LogP contribution in [0.5, 0.6) is 0 Å². The minimum absolute atomic E-state index is 0.334. The summed E-state index contributed by atoms with van der Waals surface area (Å²) in [4.78, 5) is 31.1. The van der Waals surface area contributed by atoms with Crippen LogP contribution in [0.2, 0.25) is 0 Å². The van der Waals surface area contributed by atoms with E-state index in [9.17, 15) is 4.79 Å². The van der Waals surface area contributed by atoms with Gasteiger partial charge in [0.1, 0.15) is 0 Å². The number of pyridine rings is 1. The summed E-state index contributed by atoms with van der Waals surface area (Å²) in [5.41, 5.74) is 7.61. The molecule has 0 aliphatic heterocycles. The first-order valence-electron chi connectivity index (χ1n) is 11.4. The first-order chi connectivity index (χ1) is 16.8. The largest absolute Gasteiger partial charge is 0.355 e. The number of aromatic amines is 2. The highest BCUT2D eigenvalue weighted by Crippen LogP contribution is 2.29. The van der Waals surface area contributed by atoms with Crippen molar-refractivity contribution >= 4 is 28.7 Å². The first-order valence-corrected chi connectivity index (χ1v) is 11.4. The van der Waals surface area contributed by atoms with Crippen molar-refractivity contribution in [3.05, 3.63) is 77.1 Å². The second-order valence-corrected chi connectivity index (χ2v) is 8.54. The van der Waals surface area contributed by atoms with Crippen molar-refractivity contribution in [2.45, 2.75) is 41.2 Å². The quantitative estimate of drug-likeness (QED) is 0.140. The van der Waals surface area contributed by atoms with Crippen molar-refractivity contribution in [1.29, 1.82) is 0 Å². The number of imidazole rings is 1. The SMILES string of the molecule is CC(C)=NOC(=C(C)C)c1cc2cc(-c3nc(C=O)[nH]c3C)ccc2[nH]1.CNCc1ccncc1. The maximum absolute atomic E-state index is 10.9. The lowest BCUT2D eigenvalue weighted by atomic mass is 10.1. The molecule has 0 amide bonds. The number of oxime groups is 1. The van der Waals surface area contributed by atoms with Crippen LogP contribution in [-0.4, -0.2) is 39.0 Å². The van der Waals surface area contributed by atoms with Gasteiger partial charge in [0.2, 0.25) is 0 Å². The van der Waals surface area contributed by atoms with E-state index in [0.29, 0.717) is 11.6 Å². The van der Waals surface area contributed by atoms with E-state index in [0.717, 1.165) is 57.7 Å². The van der Waals surface area contributed by atoms with Crippen molar-refractivity contribution in [3.8, 4) is 11.3 Å². The number of fused-ring (bicyclic) bond motifs is 1. The fourth-order valence-electron chi connectivity index (χ4n) is 3.47. The maximum Gasteiger partial charge on any atom is 0.185 e. The third-order valence-corrected chi connectivity index (χ3v) is 5.06. The standard InChI is InChI=1S/C20H22N4O2.C7H10N2/c1-11(2)20(26-24-12(3)4)17-9-15-8-14(6-7-16(15)22-17)19-13(5)21-18(10-25)23-19;1-8-6-7-2-4-9-5-3-7/h6-10,22H,1-5H3,(H,21,23);2-5,8H,6H2,1H3. The van der Waals surface area contributed by atoms with E-state index in [1.54, 1.807) is 12.4 Å². The summed E-state index contributed by atoms with van der Waals surface area (Å²) in [6.45, 7) is 10.6. The summed E-state index contributed by atoms with van der Waals surface area (Å²) in [5.74, 6) is 1.04. The summed E-state index contributed by atoms with van der Waals surface area (Å²) in [6.07, 6.45) is 4.32. The average Bonchev–Trinajstić information content (AvgIpc) is 3.42. The molecule has 0 bridgehead atoms. The molecule has 8 nitrogen and oxygen atoms in total. The van der Waals surface area contributed by atoms with Crippen LogP contribution in [0.25, 0.3) is 27.9 Å². The molecule has 0 radical (unpaired) electrons.